The van der Waals surface area contributed by atoms with E-state index in [0.29, 0.717) is 13.0 Å². The van der Waals surface area contributed by atoms with Crippen molar-refractivity contribution in [2.24, 2.45) is 0 Å². The molecule has 0 aromatic heterocycles. The summed E-state index contributed by atoms with van der Waals surface area (Å²) in [6.07, 6.45) is 2.37. The van der Waals surface area contributed by atoms with E-state index >= 15 is 0 Å². The smallest absolute Gasteiger partial charge is 0.319 e. The largest absolute Gasteiger partial charge is 0.465 e. The molecule has 0 aliphatic rings. The molecule has 0 aromatic rings. The second-order valence-electron chi connectivity index (χ2n) is 3.88. The van der Waals surface area contributed by atoms with Crippen LogP contribution < -0.4 is 5.32 Å². The molecule has 96 valence electrons. The number of nitrogens with one attached hydrogen (secondary N) is 1. The summed E-state index contributed by atoms with van der Waals surface area (Å²) in [5.41, 5.74) is -0.788. The summed E-state index contributed by atoms with van der Waals surface area (Å²) >= 11 is 0. The van der Waals surface area contributed by atoms with Crippen molar-refractivity contribution in [3.63, 3.8) is 0 Å². The number of rotatable bonds is 9. The van der Waals surface area contributed by atoms with Gasteiger partial charge in [-0.3, -0.25) is 10.1 Å². The fraction of sp³-hybridized carbons (Fsp3) is 0.909. The van der Waals surface area contributed by atoms with E-state index in [0.717, 1.165) is 12.8 Å². The van der Waals surface area contributed by atoms with E-state index in [1.807, 2.05) is 13.8 Å². The van der Waals surface area contributed by atoms with Gasteiger partial charge in [0.1, 0.15) is 0 Å². The Hall–Kier alpha value is -0.650. The standard InChI is InChI=1S/C11H23NO4/c1-3-5-6-16-10(15)7-12-11(4-2,8-13)9-14/h12-14H,3-9H2,1-2H3. The van der Waals surface area contributed by atoms with Crippen molar-refractivity contribution in [1.29, 1.82) is 0 Å². The number of hydrogen-bond donors (Lipinski definition) is 3. The van der Waals surface area contributed by atoms with Crippen molar-refractivity contribution in [2.45, 2.75) is 38.6 Å². The van der Waals surface area contributed by atoms with Gasteiger partial charge in [0, 0.05) is 0 Å². The lowest BCUT2D eigenvalue weighted by molar-refractivity contribution is -0.143. The third-order valence-corrected chi connectivity index (χ3v) is 2.65. The van der Waals surface area contributed by atoms with E-state index in [4.69, 9.17) is 14.9 Å². The first kappa shape index (κ1) is 15.3. The Morgan fingerprint density at radius 2 is 1.94 bits per heavy atom. The maximum Gasteiger partial charge on any atom is 0.319 e. The molecule has 0 rings (SSSR count). The number of esters is 1. The molecule has 0 aliphatic carbocycles. The van der Waals surface area contributed by atoms with Gasteiger partial charge >= 0.3 is 5.97 Å². The second-order valence-corrected chi connectivity index (χ2v) is 3.88. The molecule has 0 aliphatic heterocycles. The fourth-order valence-corrected chi connectivity index (χ4v) is 1.15. The van der Waals surface area contributed by atoms with Gasteiger partial charge in [-0.1, -0.05) is 20.3 Å². The summed E-state index contributed by atoms with van der Waals surface area (Å²) in [6.45, 7) is 3.88. The number of carbonyl (C=O) groups is 1. The second kappa shape index (κ2) is 8.50. The molecular formula is C11H23NO4. The molecule has 0 spiro atoms. The third kappa shape index (κ3) is 5.44. The number of ether oxygens (including phenoxy) is 1. The van der Waals surface area contributed by atoms with Crippen molar-refractivity contribution in [3.8, 4) is 0 Å². The minimum absolute atomic E-state index is 0.0126. The minimum atomic E-state index is -0.788. The Kier molecular flexibility index (Phi) is 8.15. The first-order valence-electron chi connectivity index (χ1n) is 5.76. The van der Waals surface area contributed by atoms with Gasteiger partial charge in [-0.05, 0) is 12.8 Å². The van der Waals surface area contributed by atoms with Crippen LogP contribution in [0.3, 0.4) is 0 Å². The molecule has 16 heavy (non-hydrogen) atoms. The monoisotopic (exact) mass is 233 g/mol. The van der Waals surface area contributed by atoms with Crippen LogP contribution >= 0.6 is 0 Å². The average molecular weight is 233 g/mol. The molecule has 0 fully saturated rings. The summed E-state index contributed by atoms with van der Waals surface area (Å²) in [4.78, 5) is 11.3. The van der Waals surface area contributed by atoms with Gasteiger partial charge in [0.2, 0.25) is 0 Å². The summed E-state index contributed by atoms with van der Waals surface area (Å²) in [5.74, 6) is -0.354. The Morgan fingerprint density at radius 3 is 2.38 bits per heavy atom. The van der Waals surface area contributed by atoms with Crippen LogP contribution in [0.2, 0.25) is 0 Å². The van der Waals surface area contributed by atoms with E-state index in [1.54, 1.807) is 0 Å². The molecule has 0 aromatic carbocycles. The molecule has 0 saturated carbocycles. The zero-order chi connectivity index (χ0) is 12.4. The molecule has 0 amide bonds. The molecule has 0 radical (unpaired) electrons. The Labute approximate surface area is 96.8 Å². The van der Waals surface area contributed by atoms with Crippen LogP contribution in [0.1, 0.15) is 33.1 Å². The van der Waals surface area contributed by atoms with Crippen molar-refractivity contribution >= 4 is 5.97 Å². The Balaban J connectivity index is 3.87. The van der Waals surface area contributed by atoms with Crippen LogP contribution in [0, 0.1) is 0 Å². The number of aliphatic hydroxyl groups excluding tert-OH is 2. The van der Waals surface area contributed by atoms with Crippen LogP contribution in [-0.2, 0) is 9.53 Å². The first-order chi connectivity index (χ1) is 7.64. The van der Waals surface area contributed by atoms with Gasteiger partial charge in [-0.15, -0.1) is 0 Å². The molecule has 0 saturated heterocycles. The topological polar surface area (TPSA) is 78.8 Å². The summed E-state index contributed by atoms with van der Waals surface area (Å²) in [7, 11) is 0. The Bertz CT molecular complexity index is 184. The highest BCUT2D eigenvalue weighted by atomic mass is 16.5. The highest BCUT2D eigenvalue weighted by Crippen LogP contribution is 2.07. The minimum Gasteiger partial charge on any atom is -0.465 e. The normalized spacial score (nSPS) is 11.5. The van der Waals surface area contributed by atoms with Crippen LogP contribution in [0.15, 0.2) is 0 Å². The lowest BCUT2D eigenvalue weighted by atomic mass is 9.99. The fourth-order valence-electron chi connectivity index (χ4n) is 1.15. The zero-order valence-corrected chi connectivity index (χ0v) is 10.2. The van der Waals surface area contributed by atoms with E-state index < -0.39 is 5.54 Å². The molecular weight excluding hydrogens is 210 g/mol. The molecule has 0 atom stereocenters. The van der Waals surface area contributed by atoms with Crippen molar-refractivity contribution in [1.82, 2.24) is 5.32 Å². The predicted octanol–water partition coefficient (Wildman–Crippen LogP) is 0.0527. The van der Waals surface area contributed by atoms with Crippen LogP contribution in [0.4, 0.5) is 0 Å². The van der Waals surface area contributed by atoms with E-state index in [9.17, 15) is 4.79 Å². The Morgan fingerprint density at radius 1 is 1.31 bits per heavy atom. The predicted molar refractivity (Wildman–Crippen MR) is 61.1 cm³/mol. The number of carbonyl (C=O) groups excluding carboxylic acids is 1. The molecule has 0 bridgehead atoms. The molecule has 3 N–H and O–H groups in total. The van der Waals surface area contributed by atoms with E-state index in [1.165, 1.54) is 0 Å². The zero-order valence-electron chi connectivity index (χ0n) is 10.2. The average Bonchev–Trinajstić information content (AvgIpc) is 2.32. The summed E-state index contributed by atoms with van der Waals surface area (Å²) in [6, 6.07) is 0. The molecule has 0 heterocycles. The summed E-state index contributed by atoms with van der Waals surface area (Å²) in [5, 5.41) is 21.1. The van der Waals surface area contributed by atoms with Gasteiger partial charge in [-0.2, -0.15) is 0 Å². The lowest BCUT2D eigenvalue weighted by Crippen LogP contribution is -2.53. The maximum absolute atomic E-state index is 11.3. The number of aliphatic hydroxyl groups is 2. The highest BCUT2D eigenvalue weighted by Gasteiger charge is 2.26. The van der Waals surface area contributed by atoms with E-state index in [-0.39, 0.29) is 25.7 Å². The molecule has 5 heteroatoms. The van der Waals surface area contributed by atoms with Crippen molar-refractivity contribution in [2.75, 3.05) is 26.4 Å². The van der Waals surface area contributed by atoms with Crippen molar-refractivity contribution < 1.29 is 19.7 Å². The van der Waals surface area contributed by atoms with Gasteiger partial charge < -0.3 is 14.9 Å². The highest BCUT2D eigenvalue weighted by molar-refractivity contribution is 5.71. The van der Waals surface area contributed by atoms with E-state index in [2.05, 4.69) is 5.32 Å². The van der Waals surface area contributed by atoms with Crippen molar-refractivity contribution in [3.05, 3.63) is 0 Å². The lowest BCUT2D eigenvalue weighted by Gasteiger charge is -2.29. The number of unbranched alkanes of at least 4 members (excludes halogenated alkanes) is 1. The maximum atomic E-state index is 11.3. The van der Waals surface area contributed by atoms with Crippen LogP contribution in [0.25, 0.3) is 0 Å². The van der Waals surface area contributed by atoms with Gasteiger partial charge in [0.25, 0.3) is 0 Å². The van der Waals surface area contributed by atoms with Crippen LogP contribution in [0.5, 0.6) is 0 Å². The van der Waals surface area contributed by atoms with Gasteiger partial charge in [0.05, 0.1) is 31.9 Å². The third-order valence-electron chi connectivity index (χ3n) is 2.65. The first-order valence-corrected chi connectivity index (χ1v) is 5.76. The van der Waals surface area contributed by atoms with Gasteiger partial charge in [-0.25, -0.2) is 0 Å². The SMILES string of the molecule is CCCCOC(=O)CNC(CC)(CO)CO. The number of hydrogen-bond acceptors (Lipinski definition) is 5. The molecule has 5 nitrogen and oxygen atoms in total. The van der Waals surface area contributed by atoms with Gasteiger partial charge in [0.15, 0.2) is 0 Å². The molecule has 0 unspecified atom stereocenters. The quantitative estimate of drug-likeness (QED) is 0.387. The summed E-state index contributed by atoms with van der Waals surface area (Å²) < 4.78 is 4.95. The van der Waals surface area contributed by atoms with Crippen LogP contribution in [-0.4, -0.2) is 48.1 Å².